The second-order valence-electron chi connectivity index (χ2n) is 5.28. The number of ketones is 1. The van der Waals surface area contributed by atoms with Gasteiger partial charge in [0.1, 0.15) is 12.4 Å². The zero-order valence-corrected chi connectivity index (χ0v) is 14.0. The zero-order chi connectivity index (χ0) is 15.5. The first kappa shape index (κ1) is 15.4. The summed E-state index contributed by atoms with van der Waals surface area (Å²) in [5.41, 5.74) is 0.966. The molecule has 0 fully saturated rings. The molecule has 0 N–H and O–H groups in total. The second-order valence-corrected chi connectivity index (χ2v) is 6.78. The minimum absolute atomic E-state index is 0.234. The molecule has 0 bridgehead atoms. The molecule has 3 nitrogen and oxygen atoms in total. The van der Waals surface area contributed by atoms with Crippen LogP contribution in [0, 0.1) is 0 Å². The van der Waals surface area contributed by atoms with Gasteiger partial charge in [-0.05, 0) is 36.8 Å². The maximum Gasteiger partial charge on any atom is 0.172 e. The maximum absolute atomic E-state index is 12.1. The van der Waals surface area contributed by atoms with Crippen molar-refractivity contribution in [1.29, 1.82) is 0 Å². The fourth-order valence-electron chi connectivity index (χ4n) is 2.50. The molecular formula is C17H18ClNO2S. The molecule has 2 heterocycles. The predicted molar refractivity (Wildman–Crippen MR) is 92.1 cm³/mol. The molecule has 3 rings (SSSR count). The van der Waals surface area contributed by atoms with Crippen LogP contribution in [-0.4, -0.2) is 18.9 Å². The second kappa shape index (κ2) is 6.71. The molecule has 1 aliphatic heterocycles. The lowest BCUT2D eigenvalue weighted by molar-refractivity contribution is 0.0983. The van der Waals surface area contributed by atoms with Crippen LogP contribution < -0.4 is 9.64 Å². The van der Waals surface area contributed by atoms with E-state index in [0.29, 0.717) is 18.1 Å². The molecule has 1 aromatic heterocycles. The number of anilines is 2. The van der Waals surface area contributed by atoms with Gasteiger partial charge in [0.25, 0.3) is 0 Å². The lowest BCUT2D eigenvalue weighted by atomic mass is 10.1. The number of fused-ring (bicyclic) bond motifs is 1. The Balaban J connectivity index is 1.86. The van der Waals surface area contributed by atoms with Crippen molar-refractivity contribution in [2.45, 2.75) is 26.2 Å². The highest BCUT2D eigenvalue weighted by molar-refractivity contribution is 7.18. The SMILES string of the molecule is CCCCC(=O)c1ccc(N2CCOc3ccc(Cl)cc32)s1. The van der Waals surface area contributed by atoms with Gasteiger partial charge in [-0.2, -0.15) is 0 Å². The maximum atomic E-state index is 12.1. The Hall–Kier alpha value is -1.52. The van der Waals surface area contributed by atoms with Gasteiger partial charge in [-0.1, -0.05) is 24.9 Å². The largest absolute Gasteiger partial charge is 0.490 e. The van der Waals surface area contributed by atoms with Crippen LogP contribution in [0.1, 0.15) is 35.9 Å². The molecule has 0 radical (unpaired) electrons. The summed E-state index contributed by atoms with van der Waals surface area (Å²) in [4.78, 5) is 15.2. The van der Waals surface area contributed by atoms with E-state index in [1.54, 1.807) is 11.3 Å². The van der Waals surface area contributed by atoms with Crippen LogP contribution in [0.5, 0.6) is 5.75 Å². The molecule has 0 saturated heterocycles. The van der Waals surface area contributed by atoms with Crippen molar-refractivity contribution >= 4 is 39.4 Å². The summed E-state index contributed by atoms with van der Waals surface area (Å²) in [6, 6.07) is 9.58. The topological polar surface area (TPSA) is 29.5 Å². The van der Waals surface area contributed by atoms with Crippen molar-refractivity contribution in [1.82, 2.24) is 0 Å². The Kier molecular flexibility index (Phi) is 4.69. The lowest BCUT2D eigenvalue weighted by Crippen LogP contribution is -2.27. The van der Waals surface area contributed by atoms with Gasteiger partial charge in [0, 0.05) is 11.4 Å². The van der Waals surface area contributed by atoms with Crippen molar-refractivity contribution < 1.29 is 9.53 Å². The van der Waals surface area contributed by atoms with Gasteiger partial charge in [-0.15, -0.1) is 11.3 Å². The smallest absolute Gasteiger partial charge is 0.172 e. The van der Waals surface area contributed by atoms with E-state index in [4.69, 9.17) is 16.3 Å². The van der Waals surface area contributed by atoms with Crippen LogP contribution >= 0.6 is 22.9 Å². The lowest BCUT2D eigenvalue weighted by Gasteiger charge is -2.30. The molecule has 0 unspecified atom stereocenters. The molecular weight excluding hydrogens is 318 g/mol. The molecule has 116 valence electrons. The normalized spacial score (nSPS) is 13.6. The van der Waals surface area contributed by atoms with Gasteiger partial charge in [0.2, 0.25) is 0 Å². The molecule has 0 saturated carbocycles. The monoisotopic (exact) mass is 335 g/mol. The summed E-state index contributed by atoms with van der Waals surface area (Å²) < 4.78 is 5.67. The first-order valence-electron chi connectivity index (χ1n) is 7.52. The molecule has 5 heteroatoms. The quantitative estimate of drug-likeness (QED) is 0.694. The van der Waals surface area contributed by atoms with Crippen molar-refractivity contribution in [2.75, 3.05) is 18.1 Å². The molecule has 0 spiro atoms. The third-order valence-electron chi connectivity index (χ3n) is 3.67. The number of ether oxygens (including phenoxy) is 1. The van der Waals surface area contributed by atoms with Crippen LogP contribution in [0.15, 0.2) is 30.3 Å². The van der Waals surface area contributed by atoms with Crippen molar-refractivity contribution in [3.8, 4) is 5.75 Å². The van der Waals surface area contributed by atoms with Crippen LogP contribution in [0.25, 0.3) is 0 Å². The summed E-state index contributed by atoms with van der Waals surface area (Å²) in [5.74, 6) is 1.07. The molecule has 0 atom stereocenters. The number of unbranched alkanes of at least 4 members (excludes halogenated alkanes) is 1. The zero-order valence-electron chi connectivity index (χ0n) is 12.5. The third kappa shape index (κ3) is 3.13. The highest BCUT2D eigenvalue weighted by atomic mass is 35.5. The van der Waals surface area contributed by atoms with E-state index in [0.717, 1.165) is 40.7 Å². The summed E-state index contributed by atoms with van der Waals surface area (Å²) in [6.45, 7) is 3.49. The Morgan fingerprint density at radius 1 is 1.36 bits per heavy atom. The Morgan fingerprint density at radius 2 is 2.23 bits per heavy atom. The Labute approximate surface area is 139 Å². The van der Waals surface area contributed by atoms with Gasteiger partial charge in [0.15, 0.2) is 5.78 Å². The number of hydrogen-bond donors (Lipinski definition) is 0. The number of benzene rings is 1. The number of rotatable bonds is 5. The fraction of sp³-hybridized carbons (Fsp3) is 0.353. The van der Waals surface area contributed by atoms with E-state index < -0.39 is 0 Å². The predicted octanol–water partition coefficient (Wildman–Crippen LogP) is 5.30. The number of hydrogen-bond acceptors (Lipinski definition) is 4. The summed E-state index contributed by atoms with van der Waals surface area (Å²) in [5, 5.41) is 1.75. The highest BCUT2D eigenvalue weighted by Gasteiger charge is 2.22. The number of carbonyl (C=O) groups is 1. The van der Waals surface area contributed by atoms with Crippen LogP contribution in [0.4, 0.5) is 10.7 Å². The average Bonchev–Trinajstić information content (AvgIpc) is 3.01. The molecule has 0 amide bonds. The average molecular weight is 336 g/mol. The minimum Gasteiger partial charge on any atom is -0.490 e. The molecule has 2 aromatic rings. The Bertz CT molecular complexity index is 683. The van der Waals surface area contributed by atoms with Gasteiger partial charge >= 0.3 is 0 Å². The highest BCUT2D eigenvalue weighted by Crippen LogP contribution is 2.41. The van der Waals surface area contributed by atoms with Crippen LogP contribution in [-0.2, 0) is 0 Å². The van der Waals surface area contributed by atoms with Crippen molar-refractivity contribution in [3.63, 3.8) is 0 Å². The van der Waals surface area contributed by atoms with Gasteiger partial charge in [-0.25, -0.2) is 0 Å². The summed E-state index contributed by atoms with van der Waals surface area (Å²) >= 11 is 7.65. The summed E-state index contributed by atoms with van der Waals surface area (Å²) in [7, 11) is 0. The van der Waals surface area contributed by atoms with Crippen molar-refractivity contribution in [2.24, 2.45) is 0 Å². The number of carbonyl (C=O) groups excluding carboxylic acids is 1. The standard InChI is InChI=1S/C17H18ClNO2S/c1-2-3-4-14(20)16-7-8-17(22-16)19-9-10-21-15-6-5-12(18)11-13(15)19/h5-8,11H,2-4,9-10H2,1H3. The number of nitrogens with zero attached hydrogens (tertiary/aromatic N) is 1. The molecule has 0 aliphatic carbocycles. The number of halogens is 1. The first-order valence-corrected chi connectivity index (χ1v) is 8.71. The molecule has 22 heavy (non-hydrogen) atoms. The van der Waals surface area contributed by atoms with E-state index in [1.165, 1.54) is 0 Å². The third-order valence-corrected chi connectivity index (χ3v) is 5.06. The van der Waals surface area contributed by atoms with Gasteiger partial charge in [0.05, 0.1) is 22.1 Å². The van der Waals surface area contributed by atoms with Crippen LogP contribution in [0.2, 0.25) is 5.02 Å². The van der Waals surface area contributed by atoms with E-state index in [1.807, 2.05) is 30.3 Å². The fourth-order valence-corrected chi connectivity index (χ4v) is 3.68. The summed E-state index contributed by atoms with van der Waals surface area (Å²) in [6.07, 6.45) is 2.61. The first-order chi connectivity index (χ1) is 10.7. The minimum atomic E-state index is 0.234. The van der Waals surface area contributed by atoms with E-state index in [-0.39, 0.29) is 5.78 Å². The van der Waals surface area contributed by atoms with E-state index >= 15 is 0 Å². The molecule has 1 aliphatic rings. The van der Waals surface area contributed by atoms with Gasteiger partial charge < -0.3 is 9.64 Å². The van der Waals surface area contributed by atoms with E-state index in [9.17, 15) is 4.79 Å². The number of Topliss-reactive ketones (excluding diaryl/α,β-unsaturated/α-hetero) is 1. The molecule has 1 aromatic carbocycles. The van der Waals surface area contributed by atoms with Crippen LogP contribution in [0.3, 0.4) is 0 Å². The van der Waals surface area contributed by atoms with Gasteiger partial charge in [-0.3, -0.25) is 4.79 Å². The van der Waals surface area contributed by atoms with E-state index in [2.05, 4.69) is 11.8 Å². The van der Waals surface area contributed by atoms with Crippen molar-refractivity contribution in [3.05, 3.63) is 40.2 Å². The number of thiophene rings is 1. The Morgan fingerprint density at radius 3 is 3.05 bits per heavy atom.